The van der Waals surface area contributed by atoms with Crippen molar-refractivity contribution in [1.29, 1.82) is 0 Å². The monoisotopic (exact) mass is 605 g/mol. The van der Waals surface area contributed by atoms with E-state index < -0.39 is 0 Å². The molecule has 1 atom stereocenters. The van der Waals surface area contributed by atoms with Gasteiger partial charge in [0, 0.05) is 68.0 Å². The van der Waals surface area contributed by atoms with Gasteiger partial charge in [-0.1, -0.05) is 70.0 Å². The fourth-order valence-corrected chi connectivity index (χ4v) is 5.86. The van der Waals surface area contributed by atoms with E-state index in [-0.39, 0.29) is 6.04 Å². The molecule has 7 heteroatoms. The molecule has 7 nitrogen and oxygen atoms in total. The van der Waals surface area contributed by atoms with E-state index >= 15 is 0 Å². The van der Waals surface area contributed by atoms with Gasteiger partial charge >= 0.3 is 0 Å². The molecule has 1 unspecified atom stereocenters. The molecular weight excluding hydrogens is 554 g/mol. The van der Waals surface area contributed by atoms with E-state index in [4.69, 9.17) is 16.6 Å². The molecule has 1 aromatic heterocycles. The number of nitrogens with one attached hydrogen (secondary N) is 2. The summed E-state index contributed by atoms with van der Waals surface area (Å²) in [5.74, 6) is 5.50. The maximum absolute atomic E-state index is 6.45. The summed E-state index contributed by atoms with van der Waals surface area (Å²) in [6, 6.07) is 16.9. The van der Waals surface area contributed by atoms with Crippen molar-refractivity contribution in [2.45, 2.75) is 66.1 Å². The largest absolute Gasteiger partial charge is 0.372 e. The fraction of sp³-hybridized carbons (Fsp3) is 0.342. The van der Waals surface area contributed by atoms with Gasteiger partial charge in [0.05, 0.1) is 11.9 Å². The number of anilines is 1. The minimum Gasteiger partial charge on any atom is -0.372 e. The molecule has 0 bridgehead atoms. The smallest absolute Gasteiger partial charge is 0.0574 e. The summed E-state index contributed by atoms with van der Waals surface area (Å²) < 4.78 is 0. The quantitative estimate of drug-likeness (QED) is 0.0857. The molecule has 4 rings (SSSR count). The Morgan fingerprint density at radius 1 is 1.02 bits per heavy atom. The lowest BCUT2D eigenvalue weighted by molar-refractivity contribution is 0.243. The predicted octanol–water partition coefficient (Wildman–Crippen LogP) is 6.83. The van der Waals surface area contributed by atoms with Crippen molar-refractivity contribution < 1.29 is 0 Å². The number of hydrogen-bond donors (Lipinski definition) is 4. The average molecular weight is 606 g/mol. The Hall–Kier alpha value is -4.17. The van der Waals surface area contributed by atoms with Crippen LogP contribution in [0, 0.1) is 6.92 Å². The van der Waals surface area contributed by atoms with E-state index in [2.05, 4.69) is 116 Å². The third-order valence-corrected chi connectivity index (χ3v) is 8.42. The van der Waals surface area contributed by atoms with Crippen LogP contribution in [0.1, 0.15) is 72.7 Å². The molecule has 2 aromatic carbocycles. The van der Waals surface area contributed by atoms with Crippen LogP contribution in [0.5, 0.6) is 0 Å². The maximum Gasteiger partial charge on any atom is 0.0574 e. The van der Waals surface area contributed by atoms with Gasteiger partial charge in [-0.15, -0.1) is 0 Å². The van der Waals surface area contributed by atoms with Crippen LogP contribution in [0.4, 0.5) is 5.69 Å². The molecular formula is C38H51N7. The van der Waals surface area contributed by atoms with Crippen molar-refractivity contribution >= 4 is 23.2 Å². The van der Waals surface area contributed by atoms with Gasteiger partial charge in [0.1, 0.15) is 0 Å². The van der Waals surface area contributed by atoms with Gasteiger partial charge in [0.15, 0.2) is 0 Å². The van der Waals surface area contributed by atoms with Gasteiger partial charge < -0.3 is 21.4 Å². The first-order valence-corrected chi connectivity index (χ1v) is 16.1. The maximum atomic E-state index is 6.45. The number of aromatic nitrogens is 1. The summed E-state index contributed by atoms with van der Waals surface area (Å²) in [5.41, 5.74) is 21.7. The molecule has 238 valence electrons. The Morgan fingerprint density at radius 3 is 2.33 bits per heavy atom. The van der Waals surface area contributed by atoms with Crippen LogP contribution in [0.2, 0.25) is 0 Å². The van der Waals surface area contributed by atoms with Gasteiger partial charge in [-0.2, -0.15) is 0 Å². The zero-order chi connectivity index (χ0) is 32.5. The Kier molecular flexibility index (Phi) is 11.8. The molecule has 0 saturated carbocycles. The Morgan fingerprint density at radius 2 is 1.71 bits per heavy atom. The van der Waals surface area contributed by atoms with Crippen molar-refractivity contribution in [2.75, 3.05) is 25.0 Å². The first-order valence-electron chi connectivity index (χ1n) is 16.1. The van der Waals surface area contributed by atoms with E-state index in [0.29, 0.717) is 5.70 Å². The molecule has 2 heterocycles. The number of pyridine rings is 1. The van der Waals surface area contributed by atoms with E-state index in [1.165, 1.54) is 11.1 Å². The van der Waals surface area contributed by atoms with Crippen LogP contribution < -0.4 is 22.3 Å². The Bertz CT molecular complexity index is 1530. The Labute approximate surface area is 270 Å². The number of benzene rings is 2. The van der Waals surface area contributed by atoms with Gasteiger partial charge in [-0.25, -0.2) is 0 Å². The first kappa shape index (κ1) is 33.7. The van der Waals surface area contributed by atoms with E-state index in [1.807, 2.05) is 13.1 Å². The standard InChI is InChI=1S/C38H51N7/c1-8-17-45(18-9-2)30(7)37(27(4)39)22-33-14-15-34(20-26(33)3)28(5)42-36-21-35-25-44(19-16-38(35)41-23-36)24-31-10-12-32(13-11-31)29(6)43-40/h10-15,20-23,27,42-43H,5-9,16-19,24-25,39-40H2,1-4H3/b37-22+. The third kappa shape index (κ3) is 8.72. The molecule has 6 N–H and O–H groups in total. The van der Waals surface area contributed by atoms with Crippen LogP contribution in [-0.4, -0.2) is 40.5 Å². The lowest BCUT2D eigenvalue weighted by atomic mass is 9.97. The van der Waals surface area contributed by atoms with Crippen LogP contribution in [0.25, 0.3) is 17.5 Å². The summed E-state index contributed by atoms with van der Waals surface area (Å²) in [5, 5.41) is 3.51. The molecule has 1 aliphatic heterocycles. The summed E-state index contributed by atoms with van der Waals surface area (Å²) in [4.78, 5) is 9.61. The zero-order valence-corrected chi connectivity index (χ0v) is 27.6. The Balaban J connectivity index is 1.44. The summed E-state index contributed by atoms with van der Waals surface area (Å²) in [6.07, 6.45) is 7.19. The number of aryl methyl sites for hydroxylation is 1. The highest BCUT2D eigenvalue weighted by molar-refractivity contribution is 5.77. The van der Waals surface area contributed by atoms with Crippen molar-refractivity contribution in [1.82, 2.24) is 20.2 Å². The average Bonchev–Trinajstić information content (AvgIpc) is 3.03. The van der Waals surface area contributed by atoms with Gasteiger partial charge in [0.2, 0.25) is 0 Å². The molecule has 0 radical (unpaired) electrons. The molecule has 0 fully saturated rings. The summed E-state index contributed by atoms with van der Waals surface area (Å²) in [7, 11) is 0. The van der Waals surface area contributed by atoms with Crippen molar-refractivity contribution in [3.05, 3.63) is 125 Å². The predicted molar refractivity (Wildman–Crippen MR) is 192 cm³/mol. The fourth-order valence-electron chi connectivity index (χ4n) is 5.86. The SMILES string of the molecule is C=C(NN)c1ccc(CN2CCc3ncc(NC(=C)c4ccc(/C=C(/C(=C)N(CCC)CCC)C(C)N)c(C)c4)cc3C2)cc1. The van der Waals surface area contributed by atoms with Crippen LogP contribution in [-0.2, 0) is 19.5 Å². The highest BCUT2D eigenvalue weighted by Gasteiger charge is 2.19. The van der Waals surface area contributed by atoms with Crippen molar-refractivity contribution in [3.63, 3.8) is 0 Å². The summed E-state index contributed by atoms with van der Waals surface area (Å²) >= 11 is 0. The third-order valence-electron chi connectivity index (χ3n) is 8.42. The molecule has 3 aromatic rings. The number of rotatable bonds is 15. The number of fused-ring (bicyclic) bond motifs is 1. The lowest BCUT2D eigenvalue weighted by Crippen LogP contribution is -2.30. The van der Waals surface area contributed by atoms with Crippen LogP contribution >= 0.6 is 0 Å². The minimum atomic E-state index is -0.114. The molecule has 1 aliphatic rings. The number of hydrogen-bond acceptors (Lipinski definition) is 7. The van der Waals surface area contributed by atoms with Crippen LogP contribution in [0.15, 0.2) is 85.7 Å². The normalized spacial score (nSPS) is 14.0. The van der Waals surface area contributed by atoms with E-state index in [1.54, 1.807) is 0 Å². The lowest BCUT2D eigenvalue weighted by Gasteiger charge is -2.29. The highest BCUT2D eigenvalue weighted by atomic mass is 15.2. The van der Waals surface area contributed by atoms with Gasteiger partial charge in [-0.3, -0.25) is 15.7 Å². The number of nitrogens with zero attached hydrogens (tertiary/aromatic N) is 3. The molecule has 45 heavy (non-hydrogen) atoms. The number of nitrogens with two attached hydrogens (primary N) is 2. The van der Waals surface area contributed by atoms with E-state index in [9.17, 15) is 0 Å². The van der Waals surface area contributed by atoms with Gasteiger partial charge in [-0.05, 0) is 83.9 Å². The molecule has 0 amide bonds. The van der Waals surface area contributed by atoms with Crippen LogP contribution in [0.3, 0.4) is 0 Å². The second kappa shape index (κ2) is 15.7. The number of hydrazine groups is 1. The highest BCUT2D eigenvalue weighted by Crippen LogP contribution is 2.27. The first-order chi connectivity index (χ1) is 21.6. The topological polar surface area (TPSA) is 95.5 Å². The molecule has 0 saturated heterocycles. The molecule has 0 aliphatic carbocycles. The van der Waals surface area contributed by atoms with Crippen molar-refractivity contribution in [2.24, 2.45) is 11.6 Å². The zero-order valence-electron chi connectivity index (χ0n) is 27.6. The second-order valence-corrected chi connectivity index (χ2v) is 12.1. The van der Waals surface area contributed by atoms with Gasteiger partial charge in [0.25, 0.3) is 0 Å². The minimum absolute atomic E-state index is 0.114. The molecule has 0 spiro atoms. The van der Waals surface area contributed by atoms with E-state index in [0.717, 1.165) is 103 Å². The van der Waals surface area contributed by atoms with Crippen molar-refractivity contribution in [3.8, 4) is 0 Å². The second-order valence-electron chi connectivity index (χ2n) is 12.1. The summed E-state index contributed by atoms with van der Waals surface area (Å²) in [6.45, 7) is 26.0.